The minimum atomic E-state index is 0.227. The first-order chi connectivity index (χ1) is 8.60. The predicted molar refractivity (Wildman–Crippen MR) is 74.9 cm³/mol. The van der Waals surface area contributed by atoms with Gasteiger partial charge in [-0.25, -0.2) is 0 Å². The molecule has 18 heavy (non-hydrogen) atoms. The second-order valence-corrected chi connectivity index (χ2v) is 5.06. The second-order valence-electron chi connectivity index (χ2n) is 4.14. The number of aromatic nitrogens is 2. The first-order valence-electron chi connectivity index (χ1n) is 5.73. The molecule has 0 aliphatic rings. The fraction of sp³-hybridized carbons (Fsp3) is 0.308. The topological polar surface area (TPSA) is 39.1 Å². The van der Waals surface area contributed by atoms with E-state index in [-0.39, 0.29) is 6.04 Å². The smallest absolute Gasteiger partial charge is 0.165 e. The van der Waals surface area contributed by atoms with E-state index in [1.807, 2.05) is 32.4 Å². The maximum absolute atomic E-state index is 5.88. The van der Waals surface area contributed by atoms with Crippen LogP contribution >= 0.6 is 15.9 Å². The maximum Gasteiger partial charge on any atom is 0.165 e. The van der Waals surface area contributed by atoms with Gasteiger partial charge >= 0.3 is 0 Å². The van der Waals surface area contributed by atoms with Crippen molar-refractivity contribution in [3.05, 3.63) is 40.6 Å². The molecule has 0 aliphatic carbocycles. The Hall–Kier alpha value is -1.33. The fourth-order valence-electron chi connectivity index (χ4n) is 1.69. The molecule has 5 heteroatoms. The van der Waals surface area contributed by atoms with Crippen LogP contribution in [0.2, 0.25) is 0 Å². The number of ether oxygens (including phenoxy) is 1. The van der Waals surface area contributed by atoms with Crippen LogP contribution in [0.4, 0.5) is 0 Å². The molecular formula is C13H16BrN3O. The highest BCUT2D eigenvalue weighted by molar-refractivity contribution is 9.10. The molecule has 0 amide bonds. The lowest BCUT2D eigenvalue weighted by atomic mass is 10.1. The lowest BCUT2D eigenvalue weighted by molar-refractivity contribution is 0.465. The second kappa shape index (κ2) is 5.54. The zero-order valence-corrected chi connectivity index (χ0v) is 12.2. The Kier molecular flexibility index (Phi) is 4.04. The number of benzene rings is 1. The third-order valence-electron chi connectivity index (χ3n) is 2.78. The summed E-state index contributed by atoms with van der Waals surface area (Å²) in [4.78, 5) is 0. The van der Waals surface area contributed by atoms with Gasteiger partial charge in [0.2, 0.25) is 0 Å². The standard InChI is InChI=1S/C13H16BrN3O/c1-9(15-2)12-5-4-10(14)6-13(12)18-11-7-16-17(3)8-11/h4-9,15H,1-3H3. The van der Waals surface area contributed by atoms with Gasteiger partial charge in [0.15, 0.2) is 5.75 Å². The predicted octanol–water partition coefficient (Wildman–Crippen LogP) is 3.26. The minimum Gasteiger partial charge on any atom is -0.454 e. The van der Waals surface area contributed by atoms with Crippen LogP contribution in [0.5, 0.6) is 11.5 Å². The number of hydrogen-bond acceptors (Lipinski definition) is 3. The van der Waals surface area contributed by atoms with Crippen molar-refractivity contribution < 1.29 is 4.74 Å². The Balaban J connectivity index is 2.33. The molecule has 0 fully saturated rings. The highest BCUT2D eigenvalue weighted by atomic mass is 79.9. The van der Waals surface area contributed by atoms with Crippen molar-refractivity contribution in [1.29, 1.82) is 0 Å². The van der Waals surface area contributed by atoms with Crippen LogP contribution in [0.1, 0.15) is 18.5 Å². The fourth-order valence-corrected chi connectivity index (χ4v) is 2.03. The summed E-state index contributed by atoms with van der Waals surface area (Å²) < 4.78 is 8.59. The molecule has 1 heterocycles. The van der Waals surface area contributed by atoms with E-state index < -0.39 is 0 Å². The van der Waals surface area contributed by atoms with Crippen LogP contribution in [0.3, 0.4) is 0 Å². The summed E-state index contributed by atoms with van der Waals surface area (Å²) in [5.41, 5.74) is 1.12. The molecular weight excluding hydrogens is 294 g/mol. The van der Waals surface area contributed by atoms with E-state index >= 15 is 0 Å². The molecule has 0 radical (unpaired) electrons. The van der Waals surface area contributed by atoms with E-state index in [4.69, 9.17) is 4.74 Å². The molecule has 1 aromatic carbocycles. The monoisotopic (exact) mass is 309 g/mol. The lowest BCUT2D eigenvalue weighted by Gasteiger charge is -2.15. The van der Waals surface area contributed by atoms with Crippen LogP contribution in [0, 0.1) is 0 Å². The number of nitrogens with zero attached hydrogens (tertiary/aromatic N) is 2. The van der Waals surface area contributed by atoms with Gasteiger partial charge in [0.1, 0.15) is 5.75 Å². The SMILES string of the molecule is CNC(C)c1ccc(Br)cc1Oc1cnn(C)c1. The zero-order chi connectivity index (χ0) is 13.1. The molecule has 4 nitrogen and oxygen atoms in total. The molecule has 1 aromatic heterocycles. The van der Waals surface area contributed by atoms with Gasteiger partial charge in [-0.3, -0.25) is 4.68 Å². The molecule has 0 saturated heterocycles. The lowest BCUT2D eigenvalue weighted by Crippen LogP contribution is -2.13. The molecule has 1 atom stereocenters. The number of aryl methyl sites for hydroxylation is 1. The molecule has 0 saturated carbocycles. The number of rotatable bonds is 4. The Morgan fingerprint density at radius 3 is 2.83 bits per heavy atom. The van der Waals surface area contributed by atoms with Crippen LogP contribution in [0.25, 0.3) is 0 Å². The number of halogens is 1. The van der Waals surface area contributed by atoms with Crippen molar-refractivity contribution in [2.75, 3.05) is 7.05 Å². The number of nitrogens with one attached hydrogen (secondary N) is 1. The molecule has 0 spiro atoms. The number of hydrogen-bond donors (Lipinski definition) is 1. The average Bonchev–Trinajstić information content (AvgIpc) is 2.74. The van der Waals surface area contributed by atoms with Gasteiger partial charge in [0.25, 0.3) is 0 Å². The van der Waals surface area contributed by atoms with Crippen LogP contribution in [-0.2, 0) is 7.05 Å². The molecule has 96 valence electrons. The van der Waals surface area contributed by atoms with Crippen molar-refractivity contribution in [2.24, 2.45) is 7.05 Å². The molecule has 1 N–H and O–H groups in total. The third-order valence-corrected chi connectivity index (χ3v) is 3.28. The summed E-state index contributed by atoms with van der Waals surface area (Å²) in [6.45, 7) is 2.10. The van der Waals surface area contributed by atoms with E-state index in [1.165, 1.54) is 0 Å². The van der Waals surface area contributed by atoms with Crippen molar-refractivity contribution in [2.45, 2.75) is 13.0 Å². The molecule has 0 bridgehead atoms. The van der Waals surface area contributed by atoms with Crippen molar-refractivity contribution >= 4 is 15.9 Å². The summed E-state index contributed by atoms with van der Waals surface area (Å²) >= 11 is 3.46. The Bertz CT molecular complexity index is 539. The Morgan fingerprint density at radius 1 is 1.44 bits per heavy atom. The van der Waals surface area contributed by atoms with E-state index in [2.05, 4.69) is 39.3 Å². The van der Waals surface area contributed by atoms with Crippen molar-refractivity contribution in [3.8, 4) is 11.5 Å². The van der Waals surface area contributed by atoms with E-state index in [1.54, 1.807) is 10.9 Å². The summed E-state index contributed by atoms with van der Waals surface area (Å²) in [6, 6.07) is 6.26. The van der Waals surface area contributed by atoms with Gasteiger partial charge in [-0.2, -0.15) is 5.10 Å². The van der Waals surface area contributed by atoms with E-state index in [0.717, 1.165) is 21.5 Å². The van der Waals surface area contributed by atoms with Crippen LogP contribution in [0.15, 0.2) is 35.1 Å². The summed E-state index contributed by atoms with van der Waals surface area (Å²) in [7, 11) is 3.80. The van der Waals surface area contributed by atoms with Gasteiger partial charge in [-0.1, -0.05) is 22.0 Å². The molecule has 0 aliphatic heterocycles. The van der Waals surface area contributed by atoms with Gasteiger partial charge < -0.3 is 10.1 Å². The first kappa shape index (κ1) is 13.1. The summed E-state index contributed by atoms with van der Waals surface area (Å²) in [6.07, 6.45) is 3.55. The van der Waals surface area contributed by atoms with Gasteiger partial charge in [0, 0.05) is 23.1 Å². The quantitative estimate of drug-likeness (QED) is 0.942. The zero-order valence-electron chi connectivity index (χ0n) is 10.6. The summed E-state index contributed by atoms with van der Waals surface area (Å²) in [5, 5.41) is 7.31. The summed E-state index contributed by atoms with van der Waals surface area (Å²) in [5.74, 6) is 1.57. The Morgan fingerprint density at radius 2 is 2.22 bits per heavy atom. The van der Waals surface area contributed by atoms with Gasteiger partial charge in [0.05, 0.1) is 12.4 Å². The first-order valence-corrected chi connectivity index (χ1v) is 6.52. The average molecular weight is 310 g/mol. The third kappa shape index (κ3) is 2.91. The minimum absolute atomic E-state index is 0.227. The van der Waals surface area contributed by atoms with Gasteiger partial charge in [-0.15, -0.1) is 0 Å². The van der Waals surface area contributed by atoms with Crippen LogP contribution < -0.4 is 10.1 Å². The molecule has 2 aromatic rings. The highest BCUT2D eigenvalue weighted by Crippen LogP contribution is 2.31. The maximum atomic E-state index is 5.88. The Labute approximate surface area is 115 Å². The van der Waals surface area contributed by atoms with Crippen molar-refractivity contribution in [1.82, 2.24) is 15.1 Å². The van der Waals surface area contributed by atoms with Crippen LogP contribution in [-0.4, -0.2) is 16.8 Å². The van der Waals surface area contributed by atoms with E-state index in [9.17, 15) is 0 Å². The molecule has 2 rings (SSSR count). The van der Waals surface area contributed by atoms with Gasteiger partial charge in [-0.05, 0) is 26.1 Å². The molecule has 1 unspecified atom stereocenters. The largest absolute Gasteiger partial charge is 0.454 e. The highest BCUT2D eigenvalue weighted by Gasteiger charge is 2.12. The van der Waals surface area contributed by atoms with Crippen molar-refractivity contribution in [3.63, 3.8) is 0 Å². The normalized spacial score (nSPS) is 12.4. The van der Waals surface area contributed by atoms with E-state index in [0.29, 0.717) is 0 Å².